The Morgan fingerprint density at radius 1 is 1.08 bits per heavy atom. The highest BCUT2D eigenvalue weighted by molar-refractivity contribution is 6.03. The van der Waals surface area contributed by atoms with Gasteiger partial charge in [-0.05, 0) is 49.4 Å². The van der Waals surface area contributed by atoms with E-state index in [9.17, 15) is 14.3 Å². The van der Waals surface area contributed by atoms with Gasteiger partial charge in [0.05, 0.1) is 6.10 Å². The third-order valence-electron chi connectivity index (χ3n) is 3.62. The molecule has 1 aromatic heterocycles. The minimum absolute atomic E-state index is 0.134. The molecule has 4 nitrogen and oxygen atoms in total. The average Bonchev–Trinajstić information content (AvgIpc) is 3.06. The van der Waals surface area contributed by atoms with Crippen molar-refractivity contribution < 1.29 is 18.7 Å². The van der Waals surface area contributed by atoms with E-state index >= 15 is 0 Å². The number of aliphatic hydroxyl groups excluding tert-OH is 1. The number of nitrogens with one attached hydrogen (secondary N) is 1. The fourth-order valence-electron chi connectivity index (χ4n) is 2.39. The average molecular weight is 325 g/mol. The van der Waals surface area contributed by atoms with Gasteiger partial charge in [-0.15, -0.1) is 0 Å². The number of hydrogen-bond donors (Lipinski definition) is 2. The molecule has 1 atom stereocenters. The first-order valence-corrected chi connectivity index (χ1v) is 7.48. The third kappa shape index (κ3) is 3.36. The first-order valence-electron chi connectivity index (χ1n) is 7.48. The predicted molar refractivity (Wildman–Crippen MR) is 89.1 cm³/mol. The van der Waals surface area contributed by atoms with Gasteiger partial charge in [0.2, 0.25) is 0 Å². The quantitative estimate of drug-likeness (QED) is 0.748. The molecule has 0 bridgehead atoms. The van der Waals surface area contributed by atoms with E-state index in [-0.39, 0.29) is 11.6 Å². The third-order valence-corrected chi connectivity index (χ3v) is 3.62. The van der Waals surface area contributed by atoms with Crippen molar-refractivity contribution in [2.75, 3.05) is 5.32 Å². The first-order chi connectivity index (χ1) is 11.5. The van der Waals surface area contributed by atoms with E-state index in [1.165, 1.54) is 12.1 Å². The molecule has 1 unspecified atom stereocenters. The molecule has 0 aliphatic rings. The maximum absolute atomic E-state index is 13.0. The summed E-state index contributed by atoms with van der Waals surface area (Å²) in [5.74, 6) is -0.145. The molecular formula is C19H16FNO3. The van der Waals surface area contributed by atoms with Crippen molar-refractivity contribution in [3.05, 3.63) is 77.8 Å². The first kappa shape index (κ1) is 16.0. The number of aliphatic hydroxyl groups is 1. The highest BCUT2D eigenvalue weighted by atomic mass is 19.1. The van der Waals surface area contributed by atoms with Gasteiger partial charge in [0.1, 0.15) is 11.6 Å². The van der Waals surface area contributed by atoms with Crippen molar-refractivity contribution in [1.29, 1.82) is 0 Å². The van der Waals surface area contributed by atoms with Crippen LogP contribution in [-0.4, -0.2) is 11.0 Å². The lowest BCUT2D eigenvalue weighted by molar-refractivity contribution is 0.0997. The normalized spacial score (nSPS) is 12.0. The summed E-state index contributed by atoms with van der Waals surface area (Å²) in [6, 6.07) is 16.0. The number of amides is 1. The van der Waals surface area contributed by atoms with E-state index in [4.69, 9.17) is 4.42 Å². The van der Waals surface area contributed by atoms with Crippen molar-refractivity contribution in [2.24, 2.45) is 0 Å². The van der Waals surface area contributed by atoms with Crippen LogP contribution >= 0.6 is 0 Å². The molecule has 0 aliphatic carbocycles. The Labute approximate surface area is 138 Å². The molecule has 3 rings (SSSR count). The Bertz CT molecular complexity index is 853. The molecule has 0 saturated carbocycles. The monoisotopic (exact) mass is 325 g/mol. The van der Waals surface area contributed by atoms with Crippen molar-refractivity contribution in [3.63, 3.8) is 0 Å². The zero-order valence-corrected chi connectivity index (χ0v) is 13.0. The van der Waals surface area contributed by atoms with Crippen LogP contribution in [-0.2, 0) is 0 Å². The molecule has 0 saturated heterocycles. The highest BCUT2D eigenvalue weighted by Gasteiger charge is 2.15. The Hall–Kier alpha value is -2.92. The molecule has 24 heavy (non-hydrogen) atoms. The summed E-state index contributed by atoms with van der Waals surface area (Å²) in [4.78, 5) is 12.3. The number of carbonyl (C=O) groups excluding carboxylic acids is 1. The second-order valence-electron chi connectivity index (χ2n) is 5.39. The fourth-order valence-corrected chi connectivity index (χ4v) is 2.39. The van der Waals surface area contributed by atoms with Gasteiger partial charge < -0.3 is 14.8 Å². The van der Waals surface area contributed by atoms with Crippen molar-refractivity contribution in [3.8, 4) is 11.3 Å². The fraction of sp³-hybridized carbons (Fsp3) is 0.105. The second kappa shape index (κ2) is 6.68. The van der Waals surface area contributed by atoms with Gasteiger partial charge in [-0.25, -0.2) is 4.39 Å². The molecule has 5 heteroatoms. The maximum Gasteiger partial charge on any atom is 0.291 e. The Balaban J connectivity index is 1.81. The summed E-state index contributed by atoms with van der Waals surface area (Å²) in [5.41, 5.74) is 1.83. The summed E-state index contributed by atoms with van der Waals surface area (Å²) in [6.45, 7) is 1.63. The Morgan fingerprint density at radius 3 is 2.50 bits per heavy atom. The molecule has 0 radical (unpaired) electrons. The van der Waals surface area contributed by atoms with Crippen LogP contribution in [0.5, 0.6) is 0 Å². The summed E-state index contributed by atoms with van der Waals surface area (Å²) >= 11 is 0. The predicted octanol–water partition coefficient (Wildman–Crippen LogP) is 4.39. The van der Waals surface area contributed by atoms with E-state index in [2.05, 4.69) is 5.32 Å². The Morgan fingerprint density at radius 2 is 1.79 bits per heavy atom. The number of rotatable bonds is 4. The van der Waals surface area contributed by atoms with E-state index in [0.29, 0.717) is 22.6 Å². The van der Waals surface area contributed by atoms with Crippen LogP contribution in [0.4, 0.5) is 10.1 Å². The lowest BCUT2D eigenvalue weighted by Gasteiger charge is -2.12. The standard InChI is InChI=1S/C19H16FNO3/c1-12(22)15-4-2-3-5-16(15)21-19(23)18-11-10-17(24-18)13-6-8-14(20)9-7-13/h2-12,22H,1H3,(H,21,23). The number of halogens is 1. The number of benzene rings is 2. The van der Waals surface area contributed by atoms with Crippen LogP contribution in [0.25, 0.3) is 11.3 Å². The van der Waals surface area contributed by atoms with Gasteiger partial charge >= 0.3 is 0 Å². The summed E-state index contributed by atoms with van der Waals surface area (Å²) < 4.78 is 18.5. The largest absolute Gasteiger partial charge is 0.451 e. The zero-order valence-electron chi connectivity index (χ0n) is 13.0. The van der Waals surface area contributed by atoms with E-state index in [0.717, 1.165) is 0 Å². The molecule has 2 N–H and O–H groups in total. The van der Waals surface area contributed by atoms with Gasteiger partial charge in [0.25, 0.3) is 5.91 Å². The molecule has 2 aromatic carbocycles. The number of hydrogen-bond acceptors (Lipinski definition) is 3. The van der Waals surface area contributed by atoms with E-state index in [1.807, 2.05) is 0 Å². The lowest BCUT2D eigenvalue weighted by atomic mass is 10.1. The number of anilines is 1. The maximum atomic E-state index is 13.0. The van der Waals surface area contributed by atoms with Crippen LogP contribution in [0.3, 0.4) is 0 Å². The molecule has 0 spiro atoms. The summed E-state index contributed by atoms with van der Waals surface area (Å²) in [7, 11) is 0. The van der Waals surface area contributed by atoms with Crippen LogP contribution in [0.15, 0.2) is 65.1 Å². The molecule has 0 fully saturated rings. The van der Waals surface area contributed by atoms with Gasteiger partial charge in [-0.2, -0.15) is 0 Å². The molecule has 3 aromatic rings. The van der Waals surface area contributed by atoms with Crippen molar-refractivity contribution in [2.45, 2.75) is 13.0 Å². The molecule has 0 aliphatic heterocycles. The molecule has 122 valence electrons. The Kier molecular flexibility index (Phi) is 4.44. The number of furan rings is 1. The minimum atomic E-state index is -0.701. The van der Waals surface area contributed by atoms with Crippen LogP contribution < -0.4 is 5.32 Å². The van der Waals surface area contributed by atoms with E-state index in [1.54, 1.807) is 55.5 Å². The van der Waals surface area contributed by atoms with Crippen LogP contribution in [0.1, 0.15) is 29.1 Å². The smallest absolute Gasteiger partial charge is 0.291 e. The van der Waals surface area contributed by atoms with Crippen molar-refractivity contribution >= 4 is 11.6 Å². The molecule has 1 heterocycles. The number of carbonyl (C=O) groups is 1. The minimum Gasteiger partial charge on any atom is -0.451 e. The summed E-state index contributed by atoms with van der Waals surface area (Å²) in [5, 5.41) is 12.5. The molecule has 1 amide bonds. The van der Waals surface area contributed by atoms with Gasteiger partial charge in [-0.3, -0.25) is 4.79 Å². The summed E-state index contributed by atoms with van der Waals surface area (Å²) in [6.07, 6.45) is -0.701. The second-order valence-corrected chi connectivity index (χ2v) is 5.39. The molecular weight excluding hydrogens is 309 g/mol. The highest BCUT2D eigenvalue weighted by Crippen LogP contribution is 2.25. The topological polar surface area (TPSA) is 62.5 Å². The lowest BCUT2D eigenvalue weighted by Crippen LogP contribution is -2.13. The number of para-hydroxylation sites is 1. The van der Waals surface area contributed by atoms with Gasteiger partial charge in [0, 0.05) is 16.8 Å². The van der Waals surface area contributed by atoms with Gasteiger partial charge in [0.15, 0.2) is 5.76 Å². The zero-order chi connectivity index (χ0) is 17.1. The van der Waals surface area contributed by atoms with Crippen molar-refractivity contribution in [1.82, 2.24) is 0 Å². The SMILES string of the molecule is CC(O)c1ccccc1NC(=O)c1ccc(-c2ccc(F)cc2)o1. The van der Waals surface area contributed by atoms with Crippen LogP contribution in [0.2, 0.25) is 0 Å². The van der Waals surface area contributed by atoms with Crippen LogP contribution in [0, 0.1) is 5.82 Å². The van der Waals surface area contributed by atoms with E-state index < -0.39 is 12.0 Å². The van der Waals surface area contributed by atoms with Gasteiger partial charge in [-0.1, -0.05) is 18.2 Å².